The highest BCUT2D eigenvalue weighted by atomic mass is 19.1. The normalized spacial score (nSPS) is 18.7. The van der Waals surface area contributed by atoms with Gasteiger partial charge in [0, 0.05) is 36.1 Å². The largest absolute Gasteiger partial charge is 0.491 e. The van der Waals surface area contributed by atoms with E-state index in [4.69, 9.17) is 4.74 Å². The Labute approximate surface area is 124 Å². The number of nitrogens with one attached hydrogen (secondary N) is 1. The van der Waals surface area contributed by atoms with Crippen molar-refractivity contribution in [2.75, 3.05) is 19.7 Å². The quantitative estimate of drug-likeness (QED) is 0.940. The minimum absolute atomic E-state index is 0.294. The minimum Gasteiger partial charge on any atom is -0.491 e. The lowest BCUT2D eigenvalue weighted by Gasteiger charge is -2.23. The molecule has 5 heteroatoms. The van der Waals surface area contributed by atoms with Gasteiger partial charge in [-0.3, -0.25) is 0 Å². The van der Waals surface area contributed by atoms with Crippen LogP contribution in [0.1, 0.15) is 31.4 Å². The topological polar surface area (TPSA) is 39.1 Å². The number of nitrogens with zero attached hydrogens (tertiary/aromatic N) is 2. The average molecular weight is 289 g/mol. The first-order valence-corrected chi connectivity index (χ1v) is 7.45. The SMILES string of the molecule is CCOc1ccc(-n2cncc2C2CCCNC2)cc1F. The number of benzene rings is 1. The summed E-state index contributed by atoms with van der Waals surface area (Å²) >= 11 is 0. The summed E-state index contributed by atoms with van der Waals surface area (Å²) in [5.74, 6) is 0.383. The Morgan fingerprint density at radius 1 is 1.48 bits per heavy atom. The van der Waals surface area contributed by atoms with E-state index in [2.05, 4.69) is 10.3 Å². The van der Waals surface area contributed by atoms with Gasteiger partial charge >= 0.3 is 0 Å². The van der Waals surface area contributed by atoms with Crippen LogP contribution in [0.15, 0.2) is 30.7 Å². The van der Waals surface area contributed by atoms with Gasteiger partial charge in [-0.05, 0) is 38.4 Å². The molecule has 1 aromatic carbocycles. The molecule has 0 aliphatic carbocycles. The van der Waals surface area contributed by atoms with Crippen LogP contribution >= 0.6 is 0 Å². The molecule has 0 radical (unpaired) electrons. The lowest BCUT2D eigenvalue weighted by atomic mass is 9.96. The number of imidazole rings is 1. The van der Waals surface area contributed by atoms with Gasteiger partial charge in [-0.1, -0.05) is 0 Å². The van der Waals surface area contributed by atoms with E-state index in [-0.39, 0.29) is 5.82 Å². The van der Waals surface area contributed by atoms with Gasteiger partial charge in [-0.15, -0.1) is 0 Å². The summed E-state index contributed by atoms with van der Waals surface area (Å²) in [6, 6.07) is 5.05. The standard InChI is InChI=1S/C16H20FN3O/c1-2-21-16-6-5-13(8-14(16)17)20-11-19-10-15(20)12-4-3-7-18-9-12/h5-6,8,10-12,18H,2-4,7,9H2,1H3. The lowest BCUT2D eigenvalue weighted by molar-refractivity contribution is 0.321. The fourth-order valence-electron chi connectivity index (χ4n) is 2.84. The second kappa shape index (κ2) is 6.26. The van der Waals surface area contributed by atoms with Crippen LogP contribution in [0.5, 0.6) is 5.75 Å². The van der Waals surface area contributed by atoms with Crippen molar-refractivity contribution in [1.29, 1.82) is 0 Å². The first kappa shape index (κ1) is 14.1. The second-order valence-corrected chi connectivity index (χ2v) is 5.28. The molecule has 0 amide bonds. The molecular weight excluding hydrogens is 269 g/mol. The number of rotatable bonds is 4. The molecule has 1 unspecified atom stereocenters. The van der Waals surface area contributed by atoms with E-state index in [0.29, 0.717) is 18.3 Å². The Bertz CT molecular complexity index is 605. The van der Waals surface area contributed by atoms with E-state index in [0.717, 1.165) is 37.3 Å². The van der Waals surface area contributed by atoms with Crippen LogP contribution < -0.4 is 10.1 Å². The molecule has 1 aliphatic heterocycles. The Balaban J connectivity index is 1.90. The maximum absolute atomic E-state index is 14.0. The van der Waals surface area contributed by atoms with Gasteiger partial charge in [0.15, 0.2) is 11.6 Å². The zero-order chi connectivity index (χ0) is 14.7. The molecule has 112 valence electrons. The molecule has 1 N–H and O–H groups in total. The third kappa shape index (κ3) is 2.93. The average Bonchev–Trinajstić information content (AvgIpc) is 3.00. The Hall–Kier alpha value is -1.88. The number of hydrogen-bond donors (Lipinski definition) is 1. The third-order valence-corrected chi connectivity index (χ3v) is 3.88. The number of piperidine rings is 1. The van der Waals surface area contributed by atoms with Crippen molar-refractivity contribution in [2.24, 2.45) is 0 Å². The van der Waals surface area contributed by atoms with E-state index in [1.165, 1.54) is 6.07 Å². The van der Waals surface area contributed by atoms with Crippen molar-refractivity contribution < 1.29 is 9.13 Å². The van der Waals surface area contributed by atoms with Crippen LogP contribution in [-0.2, 0) is 0 Å². The Morgan fingerprint density at radius 3 is 3.10 bits per heavy atom. The van der Waals surface area contributed by atoms with E-state index < -0.39 is 0 Å². The highest BCUT2D eigenvalue weighted by Gasteiger charge is 2.19. The number of halogens is 1. The highest BCUT2D eigenvalue weighted by Crippen LogP contribution is 2.27. The van der Waals surface area contributed by atoms with Crippen LogP contribution in [-0.4, -0.2) is 29.2 Å². The molecule has 1 aromatic heterocycles. The number of ether oxygens (including phenoxy) is 1. The Morgan fingerprint density at radius 2 is 2.38 bits per heavy atom. The van der Waals surface area contributed by atoms with E-state index in [1.54, 1.807) is 12.4 Å². The van der Waals surface area contributed by atoms with Crippen LogP contribution in [0.4, 0.5) is 4.39 Å². The van der Waals surface area contributed by atoms with Crippen LogP contribution in [0.3, 0.4) is 0 Å². The van der Waals surface area contributed by atoms with Gasteiger partial charge in [-0.2, -0.15) is 0 Å². The van der Waals surface area contributed by atoms with Crippen LogP contribution in [0, 0.1) is 5.82 Å². The van der Waals surface area contributed by atoms with Gasteiger partial charge in [0.05, 0.1) is 12.9 Å². The molecule has 3 rings (SSSR count). The second-order valence-electron chi connectivity index (χ2n) is 5.28. The molecule has 2 heterocycles. The molecule has 1 atom stereocenters. The maximum atomic E-state index is 14.0. The molecule has 0 spiro atoms. The van der Waals surface area contributed by atoms with Gasteiger partial charge in [-0.25, -0.2) is 9.37 Å². The van der Waals surface area contributed by atoms with Gasteiger partial charge < -0.3 is 14.6 Å². The van der Waals surface area contributed by atoms with Gasteiger partial charge in [0.25, 0.3) is 0 Å². The molecule has 4 nitrogen and oxygen atoms in total. The summed E-state index contributed by atoms with van der Waals surface area (Å²) in [7, 11) is 0. The van der Waals surface area contributed by atoms with Gasteiger partial charge in [0.1, 0.15) is 0 Å². The van der Waals surface area contributed by atoms with Crippen molar-refractivity contribution >= 4 is 0 Å². The fraction of sp³-hybridized carbons (Fsp3) is 0.438. The minimum atomic E-state index is -0.337. The summed E-state index contributed by atoms with van der Waals surface area (Å²) in [5.41, 5.74) is 1.92. The van der Waals surface area contributed by atoms with E-state index in [1.807, 2.05) is 23.8 Å². The fourth-order valence-corrected chi connectivity index (χ4v) is 2.84. The van der Waals surface area contributed by atoms with Gasteiger partial charge in [0.2, 0.25) is 0 Å². The van der Waals surface area contributed by atoms with Crippen molar-refractivity contribution in [3.05, 3.63) is 42.2 Å². The molecule has 1 aliphatic rings. The predicted octanol–water partition coefficient (Wildman–Crippen LogP) is 2.88. The third-order valence-electron chi connectivity index (χ3n) is 3.88. The highest BCUT2D eigenvalue weighted by molar-refractivity contribution is 5.40. The van der Waals surface area contributed by atoms with E-state index >= 15 is 0 Å². The molecule has 0 bridgehead atoms. The zero-order valence-electron chi connectivity index (χ0n) is 12.2. The summed E-state index contributed by atoms with van der Waals surface area (Å²) < 4.78 is 21.2. The van der Waals surface area contributed by atoms with Crippen molar-refractivity contribution in [3.8, 4) is 11.4 Å². The predicted molar refractivity (Wildman–Crippen MR) is 79.5 cm³/mol. The summed E-state index contributed by atoms with van der Waals surface area (Å²) in [6.45, 7) is 4.32. The number of aromatic nitrogens is 2. The molecular formula is C16H20FN3O. The van der Waals surface area contributed by atoms with Crippen LogP contribution in [0.2, 0.25) is 0 Å². The maximum Gasteiger partial charge on any atom is 0.167 e. The smallest absolute Gasteiger partial charge is 0.167 e. The molecule has 1 fully saturated rings. The summed E-state index contributed by atoms with van der Waals surface area (Å²) in [4.78, 5) is 4.24. The molecule has 0 saturated carbocycles. The zero-order valence-corrected chi connectivity index (χ0v) is 12.2. The lowest BCUT2D eigenvalue weighted by Crippen LogP contribution is -2.29. The molecule has 2 aromatic rings. The monoisotopic (exact) mass is 289 g/mol. The van der Waals surface area contributed by atoms with E-state index in [9.17, 15) is 4.39 Å². The summed E-state index contributed by atoms with van der Waals surface area (Å²) in [5, 5.41) is 3.40. The Kier molecular flexibility index (Phi) is 4.20. The molecule has 21 heavy (non-hydrogen) atoms. The van der Waals surface area contributed by atoms with Crippen molar-refractivity contribution in [2.45, 2.75) is 25.7 Å². The van der Waals surface area contributed by atoms with Crippen LogP contribution in [0.25, 0.3) is 5.69 Å². The van der Waals surface area contributed by atoms with Crippen molar-refractivity contribution in [3.63, 3.8) is 0 Å². The first-order valence-electron chi connectivity index (χ1n) is 7.45. The number of hydrogen-bond acceptors (Lipinski definition) is 3. The van der Waals surface area contributed by atoms with Crippen molar-refractivity contribution in [1.82, 2.24) is 14.9 Å². The summed E-state index contributed by atoms with van der Waals surface area (Å²) in [6.07, 6.45) is 5.93. The first-order chi connectivity index (χ1) is 10.3. The molecule has 1 saturated heterocycles.